The molecule has 0 radical (unpaired) electrons. The minimum Gasteiger partial charge on any atom is -0.488 e. The maximum Gasteiger partial charge on any atom is 0.266 e. The van der Waals surface area contributed by atoms with Crippen LogP contribution in [0.15, 0.2) is 76.8 Å². The number of aryl methyl sites for hydroxylation is 2. The molecule has 0 aliphatic carbocycles. The Hall–Kier alpha value is -3.36. The lowest BCUT2D eigenvalue weighted by Crippen LogP contribution is -2.13. The molecule has 0 fully saturated rings. The van der Waals surface area contributed by atoms with Gasteiger partial charge in [-0.2, -0.15) is 5.26 Å². The number of hydrogen-bond acceptors (Lipinski definition) is 3. The highest BCUT2D eigenvalue weighted by Crippen LogP contribution is 2.23. The van der Waals surface area contributed by atoms with Crippen LogP contribution in [-0.2, 0) is 11.4 Å². The van der Waals surface area contributed by atoms with Gasteiger partial charge in [-0.1, -0.05) is 52.3 Å². The van der Waals surface area contributed by atoms with Crippen molar-refractivity contribution in [1.29, 1.82) is 5.26 Å². The van der Waals surface area contributed by atoms with Crippen molar-refractivity contribution in [3.05, 3.63) is 99.0 Å². The van der Waals surface area contributed by atoms with Crippen LogP contribution in [0.3, 0.4) is 0 Å². The SMILES string of the molecule is Cc1ccc(NC(=O)/C(C#N)=C/c2ccccc2OCc2ccc(Br)cc2)cc1C. The van der Waals surface area contributed by atoms with Gasteiger partial charge in [-0.15, -0.1) is 0 Å². The summed E-state index contributed by atoms with van der Waals surface area (Å²) in [5, 5.41) is 12.3. The standard InChI is InChI=1S/C25H21BrN2O2/c1-17-7-12-23(13-18(17)2)28-25(29)21(15-27)14-20-5-3-4-6-24(20)30-16-19-8-10-22(26)11-9-19/h3-14H,16H2,1-2H3,(H,28,29)/b21-14+. The fourth-order valence-electron chi connectivity index (χ4n) is 2.79. The summed E-state index contributed by atoms with van der Waals surface area (Å²) >= 11 is 3.42. The molecule has 0 bridgehead atoms. The summed E-state index contributed by atoms with van der Waals surface area (Å²) in [4.78, 5) is 12.6. The lowest BCUT2D eigenvalue weighted by molar-refractivity contribution is -0.112. The van der Waals surface area contributed by atoms with Crippen LogP contribution in [0.2, 0.25) is 0 Å². The van der Waals surface area contributed by atoms with E-state index >= 15 is 0 Å². The van der Waals surface area contributed by atoms with E-state index in [1.54, 1.807) is 6.08 Å². The van der Waals surface area contributed by atoms with Gasteiger partial charge in [0.25, 0.3) is 5.91 Å². The number of carbonyl (C=O) groups is 1. The number of nitrogens with one attached hydrogen (secondary N) is 1. The second kappa shape index (κ2) is 9.91. The van der Waals surface area contributed by atoms with E-state index in [0.717, 1.165) is 21.2 Å². The van der Waals surface area contributed by atoms with E-state index in [9.17, 15) is 10.1 Å². The third-order valence-corrected chi connectivity index (χ3v) is 5.18. The van der Waals surface area contributed by atoms with Gasteiger partial charge in [0, 0.05) is 15.7 Å². The van der Waals surface area contributed by atoms with Crippen molar-refractivity contribution in [3.63, 3.8) is 0 Å². The van der Waals surface area contributed by atoms with Crippen molar-refractivity contribution >= 4 is 33.6 Å². The minimum atomic E-state index is -0.455. The Morgan fingerprint density at radius 1 is 1.07 bits per heavy atom. The molecule has 0 atom stereocenters. The molecular weight excluding hydrogens is 440 g/mol. The lowest BCUT2D eigenvalue weighted by atomic mass is 10.1. The molecule has 0 spiro atoms. The predicted molar refractivity (Wildman–Crippen MR) is 123 cm³/mol. The van der Waals surface area contributed by atoms with Gasteiger partial charge in [0.05, 0.1) is 0 Å². The molecule has 1 N–H and O–H groups in total. The van der Waals surface area contributed by atoms with Gasteiger partial charge in [0.15, 0.2) is 0 Å². The number of halogens is 1. The number of hydrogen-bond donors (Lipinski definition) is 1. The van der Waals surface area contributed by atoms with Gasteiger partial charge in [0.2, 0.25) is 0 Å². The van der Waals surface area contributed by atoms with Crippen LogP contribution in [0.4, 0.5) is 5.69 Å². The number of nitriles is 1. The molecule has 0 aromatic heterocycles. The Morgan fingerprint density at radius 3 is 2.50 bits per heavy atom. The zero-order chi connectivity index (χ0) is 21.5. The molecular formula is C25H21BrN2O2. The first-order chi connectivity index (χ1) is 14.5. The molecule has 0 heterocycles. The minimum absolute atomic E-state index is 0.00733. The molecule has 150 valence electrons. The third-order valence-electron chi connectivity index (χ3n) is 4.66. The van der Waals surface area contributed by atoms with Crippen molar-refractivity contribution in [3.8, 4) is 11.8 Å². The molecule has 30 heavy (non-hydrogen) atoms. The molecule has 3 rings (SSSR count). The summed E-state index contributed by atoms with van der Waals surface area (Å²) in [5.74, 6) is 0.149. The molecule has 3 aromatic carbocycles. The van der Waals surface area contributed by atoms with Gasteiger partial charge in [-0.3, -0.25) is 4.79 Å². The first-order valence-electron chi connectivity index (χ1n) is 9.43. The zero-order valence-corrected chi connectivity index (χ0v) is 18.4. The van der Waals surface area contributed by atoms with E-state index < -0.39 is 5.91 Å². The highest BCUT2D eigenvalue weighted by atomic mass is 79.9. The Bertz CT molecular complexity index is 1130. The summed E-state index contributed by atoms with van der Waals surface area (Å²) in [6.07, 6.45) is 1.55. The smallest absolute Gasteiger partial charge is 0.266 e. The second-order valence-electron chi connectivity index (χ2n) is 6.88. The van der Waals surface area contributed by atoms with Crippen LogP contribution in [0.25, 0.3) is 6.08 Å². The second-order valence-corrected chi connectivity index (χ2v) is 7.79. The molecule has 0 aliphatic heterocycles. The number of nitrogens with zero attached hydrogens (tertiary/aromatic N) is 1. The van der Waals surface area contributed by atoms with Crippen LogP contribution < -0.4 is 10.1 Å². The number of anilines is 1. The van der Waals surface area contributed by atoms with E-state index in [2.05, 4.69) is 21.2 Å². The van der Waals surface area contributed by atoms with Gasteiger partial charge in [-0.25, -0.2) is 0 Å². The topological polar surface area (TPSA) is 62.1 Å². The largest absolute Gasteiger partial charge is 0.488 e. The maximum absolute atomic E-state index is 12.6. The average molecular weight is 461 g/mol. The normalized spacial score (nSPS) is 10.9. The Balaban J connectivity index is 1.78. The van der Waals surface area contributed by atoms with Crippen molar-refractivity contribution in [2.45, 2.75) is 20.5 Å². The number of ether oxygens (including phenoxy) is 1. The summed E-state index contributed by atoms with van der Waals surface area (Å²) < 4.78 is 6.94. The van der Waals surface area contributed by atoms with Gasteiger partial charge in [-0.05, 0) is 66.9 Å². The molecule has 0 saturated carbocycles. The fourth-order valence-corrected chi connectivity index (χ4v) is 3.06. The first kappa shape index (κ1) is 21.4. The highest BCUT2D eigenvalue weighted by Gasteiger charge is 2.12. The molecule has 3 aromatic rings. The van der Waals surface area contributed by atoms with Gasteiger partial charge in [0.1, 0.15) is 24.0 Å². The number of carbonyl (C=O) groups excluding carboxylic acids is 1. The lowest BCUT2D eigenvalue weighted by Gasteiger charge is -2.10. The van der Waals surface area contributed by atoms with E-state index in [4.69, 9.17) is 4.74 Å². The molecule has 0 unspecified atom stereocenters. The van der Waals surface area contributed by atoms with Crippen LogP contribution in [0.5, 0.6) is 5.75 Å². The van der Waals surface area contributed by atoms with Gasteiger partial charge < -0.3 is 10.1 Å². The number of para-hydroxylation sites is 1. The van der Waals surface area contributed by atoms with Crippen LogP contribution in [-0.4, -0.2) is 5.91 Å². The van der Waals surface area contributed by atoms with Gasteiger partial charge >= 0.3 is 0 Å². The summed E-state index contributed by atoms with van der Waals surface area (Å²) in [7, 11) is 0. The molecule has 4 nitrogen and oxygen atoms in total. The van der Waals surface area contributed by atoms with E-state index in [-0.39, 0.29) is 5.57 Å². The molecule has 0 aliphatic rings. The maximum atomic E-state index is 12.6. The first-order valence-corrected chi connectivity index (χ1v) is 10.2. The van der Waals surface area contributed by atoms with Crippen LogP contribution in [0, 0.1) is 25.2 Å². The third kappa shape index (κ3) is 5.59. The fraction of sp³-hybridized carbons (Fsp3) is 0.120. The number of rotatable bonds is 6. The Morgan fingerprint density at radius 2 is 1.80 bits per heavy atom. The quantitative estimate of drug-likeness (QED) is 0.352. The molecule has 1 amide bonds. The zero-order valence-electron chi connectivity index (χ0n) is 16.8. The Labute approximate surface area is 184 Å². The van der Waals surface area contributed by atoms with E-state index in [1.807, 2.05) is 86.6 Å². The number of benzene rings is 3. The molecule has 5 heteroatoms. The van der Waals surface area contributed by atoms with E-state index in [0.29, 0.717) is 23.6 Å². The number of amides is 1. The van der Waals surface area contributed by atoms with Crippen LogP contribution in [0.1, 0.15) is 22.3 Å². The van der Waals surface area contributed by atoms with Crippen LogP contribution >= 0.6 is 15.9 Å². The summed E-state index contributed by atoms with van der Waals surface area (Å²) in [5.41, 5.74) is 4.56. The van der Waals surface area contributed by atoms with Crippen molar-refractivity contribution in [2.24, 2.45) is 0 Å². The monoisotopic (exact) mass is 460 g/mol. The van der Waals surface area contributed by atoms with Crippen molar-refractivity contribution in [2.75, 3.05) is 5.32 Å². The van der Waals surface area contributed by atoms with Crippen molar-refractivity contribution in [1.82, 2.24) is 0 Å². The Kier molecular flexibility index (Phi) is 7.05. The summed E-state index contributed by atoms with van der Waals surface area (Å²) in [6.45, 7) is 4.37. The van der Waals surface area contributed by atoms with E-state index in [1.165, 1.54) is 0 Å². The predicted octanol–water partition coefficient (Wildman–Crippen LogP) is 6.19. The average Bonchev–Trinajstić information content (AvgIpc) is 2.75. The highest BCUT2D eigenvalue weighted by molar-refractivity contribution is 9.10. The van der Waals surface area contributed by atoms with Crippen molar-refractivity contribution < 1.29 is 9.53 Å². The molecule has 0 saturated heterocycles. The summed E-state index contributed by atoms with van der Waals surface area (Å²) in [6, 6.07) is 22.8.